The minimum Gasteiger partial charge on any atom is -0.492 e. The second-order valence-corrected chi connectivity index (χ2v) is 8.00. The van der Waals surface area contributed by atoms with Gasteiger partial charge in [-0.05, 0) is 25.0 Å². The van der Waals surface area contributed by atoms with Gasteiger partial charge in [-0.3, -0.25) is 14.3 Å². The van der Waals surface area contributed by atoms with Crippen LogP contribution in [0.5, 0.6) is 5.75 Å². The molecule has 0 saturated carbocycles. The highest BCUT2D eigenvalue weighted by Crippen LogP contribution is 2.18. The van der Waals surface area contributed by atoms with Crippen molar-refractivity contribution < 1.29 is 14.3 Å². The average molecular weight is 430 g/mol. The van der Waals surface area contributed by atoms with Gasteiger partial charge in [0.15, 0.2) is 0 Å². The Hall–Kier alpha value is -2.65. The summed E-state index contributed by atoms with van der Waals surface area (Å²) in [6, 6.07) is 9.53. The summed E-state index contributed by atoms with van der Waals surface area (Å²) in [6.45, 7) is 6.16. The Kier molecular flexibility index (Phi) is 7.37. The number of fused-ring (bicyclic) bond motifs is 1. The van der Waals surface area contributed by atoms with Gasteiger partial charge in [-0.15, -0.1) is 0 Å². The van der Waals surface area contributed by atoms with Crippen LogP contribution in [0, 0.1) is 5.92 Å². The van der Waals surface area contributed by atoms with Gasteiger partial charge in [0.2, 0.25) is 5.91 Å². The molecule has 0 aliphatic carbocycles. The highest BCUT2D eigenvalue weighted by atomic mass is 16.5. The topological polar surface area (TPSA) is 90.6 Å². The summed E-state index contributed by atoms with van der Waals surface area (Å²) in [6.07, 6.45) is 1.99. The lowest BCUT2D eigenvalue weighted by Crippen LogP contribution is -2.42. The molecule has 168 valence electrons. The van der Waals surface area contributed by atoms with Gasteiger partial charge in [0, 0.05) is 45.1 Å². The zero-order valence-electron chi connectivity index (χ0n) is 17.9. The number of carbonyl (C=O) groups is 1. The first-order valence-corrected chi connectivity index (χ1v) is 11.1. The number of para-hydroxylation sites is 1. The third-order valence-electron chi connectivity index (χ3n) is 5.93. The van der Waals surface area contributed by atoms with Crippen molar-refractivity contribution in [1.29, 1.82) is 0 Å². The van der Waals surface area contributed by atoms with Crippen LogP contribution in [-0.4, -0.2) is 71.2 Å². The lowest BCUT2D eigenvalue weighted by Gasteiger charge is -2.26. The lowest BCUT2D eigenvalue weighted by atomic mass is 9.99. The first-order chi connectivity index (χ1) is 15.2. The van der Waals surface area contributed by atoms with Crippen LogP contribution in [0.15, 0.2) is 35.1 Å². The van der Waals surface area contributed by atoms with Crippen LogP contribution in [0.2, 0.25) is 0 Å². The van der Waals surface area contributed by atoms with E-state index < -0.39 is 0 Å². The standard InChI is InChI=1S/C22H31N5O4/c28-21(23-9-11-25-12-15-30-16-13-25)18-6-7-20-24-27(22(29)26(20)10-8-18)14-17-31-19-4-2-1-3-5-19/h1-5,18H,6-17H2,(H,23,28). The summed E-state index contributed by atoms with van der Waals surface area (Å²) in [5.41, 5.74) is -0.125. The Morgan fingerprint density at radius 3 is 2.74 bits per heavy atom. The molecule has 1 unspecified atom stereocenters. The van der Waals surface area contributed by atoms with Crippen molar-refractivity contribution in [1.82, 2.24) is 24.6 Å². The number of nitrogens with zero attached hydrogens (tertiary/aromatic N) is 4. The molecule has 2 aliphatic rings. The van der Waals surface area contributed by atoms with E-state index in [4.69, 9.17) is 9.47 Å². The quantitative estimate of drug-likeness (QED) is 0.658. The zero-order valence-corrected chi connectivity index (χ0v) is 17.9. The van der Waals surface area contributed by atoms with Crippen LogP contribution in [0.1, 0.15) is 18.7 Å². The van der Waals surface area contributed by atoms with Crippen molar-refractivity contribution in [3.63, 3.8) is 0 Å². The fraction of sp³-hybridized carbons (Fsp3) is 0.591. The van der Waals surface area contributed by atoms with E-state index in [0.29, 0.717) is 45.5 Å². The molecule has 1 fully saturated rings. The van der Waals surface area contributed by atoms with Crippen LogP contribution in [-0.2, 0) is 29.0 Å². The van der Waals surface area contributed by atoms with Gasteiger partial charge in [-0.1, -0.05) is 18.2 Å². The highest BCUT2D eigenvalue weighted by Gasteiger charge is 2.25. The van der Waals surface area contributed by atoms with Crippen molar-refractivity contribution in [2.75, 3.05) is 46.0 Å². The third-order valence-corrected chi connectivity index (χ3v) is 5.93. The number of morpholine rings is 1. The van der Waals surface area contributed by atoms with E-state index in [1.807, 2.05) is 30.3 Å². The van der Waals surface area contributed by atoms with Crippen molar-refractivity contribution in [3.05, 3.63) is 46.6 Å². The molecule has 0 radical (unpaired) electrons. The van der Waals surface area contributed by atoms with Gasteiger partial charge in [0.05, 0.1) is 19.8 Å². The number of carbonyl (C=O) groups excluding carboxylic acids is 1. The molecule has 1 aromatic carbocycles. The van der Waals surface area contributed by atoms with Gasteiger partial charge in [0.1, 0.15) is 18.2 Å². The second-order valence-electron chi connectivity index (χ2n) is 8.00. The maximum absolute atomic E-state index is 12.7. The molecule has 31 heavy (non-hydrogen) atoms. The summed E-state index contributed by atoms with van der Waals surface area (Å²) in [5, 5.41) is 7.56. The number of rotatable bonds is 8. The van der Waals surface area contributed by atoms with Crippen LogP contribution < -0.4 is 15.7 Å². The largest absolute Gasteiger partial charge is 0.492 e. The highest BCUT2D eigenvalue weighted by molar-refractivity contribution is 5.78. The molecular weight excluding hydrogens is 398 g/mol. The molecule has 1 aromatic heterocycles. The maximum atomic E-state index is 12.7. The summed E-state index contributed by atoms with van der Waals surface area (Å²) in [5.74, 6) is 1.53. The molecule has 2 aliphatic heterocycles. The summed E-state index contributed by atoms with van der Waals surface area (Å²) in [4.78, 5) is 27.6. The number of aromatic nitrogens is 3. The molecule has 3 heterocycles. The van der Waals surface area contributed by atoms with E-state index in [1.54, 1.807) is 4.57 Å². The van der Waals surface area contributed by atoms with E-state index in [2.05, 4.69) is 15.3 Å². The van der Waals surface area contributed by atoms with E-state index in [9.17, 15) is 9.59 Å². The third kappa shape index (κ3) is 5.74. The second kappa shape index (κ2) is 10.6. The van der Waals surface area contributed by atoms with Crippen LogP contribution >= 0.6 is 0 Å². The predicted octanol–water partition coefficient (Wildman–Crippen LogP) is 0.525. The van der Waals surface area contributed by atoms with Crippen LogP contribution in [0.4, 0.5) is 0 Å². The first kappa shape index (κ1) is 21.6. The fourth-order valence-corrected chi connectivity index (χ4v) is 4.11. The molecule has 1 atom stereocenters. The molecule has 9 heteroatoms. The SMILES string of the molecule is O=C(NCCN1CCOCC1)C1CCc2nn(CCOc3ccccc3)c(=O)n2CC1. The maximum Gasteiger partial charge on any atom is 0.346 e. The van der Waals surface area contributed by atoms with Gasteiger partial charge >= 0.3 is 5.69 Å². The fourth-order valence-electron chi connectivity index (χ4n) is 4.11. The predicted molar refractivity (Wildman–Crippen MR) is 115 cm³/mol. The van der Waals surface area contributed by atoms with Crippen molar-refractivity contribution in [3.8, 4) is 5.75 Å². The van der Waals surface area contributed by atoms with E-state index in [1.165, 1.54) is 4.68 Å². The number of aryl methyl sites for hydroxylation is 1. The summed E-state index contributed by atoms with van der Waals surface area (Å²) in [7, 11) is 0. The minimum atomic E-state index is -0.125. The van der Waals surface area contributed by atoms with Gasteiger partial charge < -0.3 is 14.8 Å². The van der Waals surface area contributed by atoms with Crippen LogP contribution in [0.3, 0.4) is 0 Å². The monoisotopic (exact) mass is 429 g/mol. The van der Waals surface area contributed by atoms with Crippen molar-refractivity contribution in [2.24, 2.45) is 5.92 Å². The van der Waals surface area contributed by atoms with Crippen molar-refractivity contribution >= 4 is 5.91 Å². The molecule has 0 bridgehead atoms. The zero-order chi connectivity index (χ0) is 21.5. The Morgan fingerprint density at radius 1 is 1.13 bits per heavy atom. The molecule has 2 aromatic rings. The minimum absolute atomic E-state index is 0.0793. The summed E-state index contributed by atoms with van der Waals surface area (Å²) < 4.78 is 14.2. The number of nitrogens with one attached hydrogen (secondary N) is 1. The average Bonchev–Trinajstić information content (AvgIpc) is 2.96. The molecule has 1 N–H and O–H groups in total. The molecule has 9 nitrogen and oxygen atoms in total. The lowest BCUT2D eigenvalue weighted by molar-refractivity contribution is -0.125. The Bertz CT molecular complexity index is 904. The van der Waals surface area contributed by atoms with Crippen LogP contribution in [0.25, 0.3) is 0 Å². The smallest absolute Gasteiger partial charge is 0.346 e. The Morgan fingerprint density at radius 2 is 1.94 bits per heavy atom. The number of benzene rings is 1. The molecular formula is C22H31N5O4. The molecule has 4 rings (SSSR count). The van der Waals surface area contributed by atoms with E-state index in [-0.39, 0.29) is 17.5 Å². The van der Waals surface area contributed by atoms with E-state index in [0.717, 1.165) is 44.4 Å². The first-order valence-electron chi connectivity index (χ1n) is 11.1. The number of ether oxygens (including phenoxy) is 2. The van der Waals surface area contributed by atoms with Crippen molar-refractivity contribution in [2.45, 2.75) is 32.4 Å². The number of amides is 1. The van der Waals surface area contributed by atoms with Gasteiger partial charge in [-0.2, -0.15) is 5.10 Å². The van der Waals surface area contributed by atoms with E-state index >= 15 is 0 Å². The Labute approximate surface area is 181 Å². The number of hydrogen-bond donors (Lipinski definition) is 1. The number of hydrogen-bond acceptors (Lipinski definition) is 6. The van der Waals surface area contributed by atoms with Gasteiger partial charge in [-0.25, -0.2) is 9.48 Å². The Balaban J connectivity index is 1.24. The summed E-state index contributed by atoms with van der Waals surface area (Å²) >= 11 is 0. The van der Waals surface area contributed by atoms with Gasteiger partial charge in [0.25, 0.3) is 0 Å². The molecule has 0 spiro atoms. The molecule has 1 amide bonds. The molecule has 1 saturated heterocycles. The normalized spacial score (nSPS) is 19.4.